The van der Waals surface area contributed by atoms with Gasteiger partial charge in [0.05, 0.1) is 12.8 Å². The highest BCUT2D eigenvalue weighted by Gasteiger charge is 2.41. The third-order valence-corrected chi connectivity index (χ3v) is 5.50. The molecule has 142 valence electrons. The fourth-order valence-electron chi connectivity index (χ4n) is 3.90. The van der Waals surface area contributed by atoms with Crippen molar-refractivity contribution in [2.45, 2.75) is 25.9 Å². The topological polar surface area (TPSA) is 61.8 Å². The van der Waals surface area contributed by atoms with Gasteiger partial charge in [0.2, 0.25) is 0 Å². The fraction of sp³-hybridized carbons (Fsp3) is 0.450. The van der Waals surface area contributed by atoms with Crippen LogP contribution in [-0.4, -0.2) is 66.7 Å². The summed E-state index contributed by atoms with van der Waals surface area (Å²) in [5.41, 5.74) is 2.38. The lowest BCUT2D eigenvalue weighted by atomic mass is 10.0. The molecule has 0 aliphatic carbocycles. The molecule has 1 saturated heterocycles. The van der Waals surface area contributed by atoms with Crippen LogP contribution in [0, 0.1) is 0 Å². The zero-order valence-corrected chi connectivity index (χ0v) is 16.2. The number of piperazine rings is 1. The molecule has 4 heterocycles. The number of amides is 1. The second-order valence-electron chi connectivity index (χ2n) is 7.32. The number of likely N-dealkylation sites (N-methyl/N-ethyl adjacent to an activating group) is 1. The number of rotatable bonds is 3. The standard InChI is InChI=1S/C20H25N5O2/c1-13(2)24-8-9-25-16(12-24)20(26)23(3)15-10-14(11-22-19(15)25)18-17(27-4)6-5-7-21-18/h5-7,10-11,13,16H,8-9,12H2,1-4H3/t16-/m0/s1. The molecule has 0 bridgehead atoms. The number of fused-ring (bicyclic) bond motifs is 3. The van der Waals surface area contributed by atoms with Crippen LogP contribution in [0.3, 0.4) is 0 Å². The maximum atomic E-state index is 13.1. The summed E-state index contributed by atoms with van der Waals surface area (Å²) in [5, 5.41) is 0. The number of carbonyl (C=O) groups is 1. The molecule has 1 atom stereocenters. The van der Waals surface area contributed by atoms with Crippen LogP contribution in [0.5, 0.6) is 5.75 Å². The minimum absolute atomic E-state index is 0.111. The van der Waals surface area contributed by atoms with E-state index in [1.807, 2.05) is 31.4 Å². The monoisotopic (exact) mass is 367 g/mol. The maximum Gasteiger partial charge on any atom is 0.250 e. The second-order valence-corrected chi connectivity index (χ2v) is 7.32. The third kappa shape index (κ3) is 2.92. The lowest BCUT2D eigenvalue weighted by Gasteiger charge is -2.47. The van der Waals surface area contributed by atoms with Crippen LogP contribution in [-0.2, 0) is 4.79 Å². The lowest BCUT2D eigenvalue weighted by molar-refractivity contribution is -0.121. The molecule has 0 saturated carbocycles. The molecule has 2 aliphatic heterocycles. The first kappa shape index (κ1) is 17.7. The van der Waals surface area contributed by atoms with Crippen molar-refractivity contribution in [1.29, 1.82) is 0 Å². The van der Waals surface area contributed by atoms with E-state index < -0.39 is 0 Å². The Labute approximate surface area is 159 Å². The number of aromatic nitrogens is 2. The van der Waals surface area contributed by atoms with Crippen molar-refractivity contribution in [3.8, 4) is 17.0 Å². The highest BCUT2D eigenvalue weighted by Crippen LogP contribution is 2.38. The van der Waals surface area contributed by atoms with E-state index in [4.69, 9.17) is 9.72 Å². The third-order valence-electron chi connectivity index (χ3n) is 5.50. The van der Waals surface area contributed by atoms with Gasteiger partial charge in [-0.2, -0.15) is 0 Å². The molecule has 0 N–H and O–H groups in total. The van der Waals surface area contributed by atoms with Gasteiger partial charge >= 0.3 is 0 Å². The van der Waals surface area contributed by atoms with E-state index in [-0.39, 0.29) is 11.9 Å². The van der Waals surface area contributed by atoms with Crippen molar-refractivity contribution in [3.05, 3.63) is 30.6 Å². The molecule has 2 aliphatic rings. The summed E-state index contributed by atoms with van der Waals surface area (Å²) in [6, 6.07) is 5.94. The molecule has 1 fully saturated rings. The molecule has 0 spiro atoms. The van der Waals surface area contributed by atoms with Gasteiger partial charge in [-0.25, -0.2) is 4.98 Å². The molecule has 7 nitrogen and oxygen atoms in total. The molecule has 7 heteroatoms. The number of pyridine rings is 2. The van der Waals surface area contributed by atoms with E-state index in [0.29, 0.717) is 11.8 Å². The van der Waals surface area contributed by atoms with E-state index in [1.165, 1.54) is 0 Å². The predicted molar refractivity (Wildman–Crippen MR) is 105 cm³/mol. The molecule has 27 heavy (non-hydrogen) atoms. The van der Waals surface area contributed by atoms with E-state index in [0.717, 1.165) is 42.4 Å². The lowest BCUT2D eigenvalue weighted by Crippen LogP contribution is -2.63. The van der Waals surface area contributed by atoms with Gasteiger partial charge < -0.3 is 14.5 Å². The van der Waals surface area contributed by atoms with Crippen molar-refractivity contribution in [2.24, 2.45) is 0 Å². The van der Waals surface area contributed by atoms with Crippen LogP contribution in [0.1, 0.15) is 13.8 Å². The molecule has 2 aromatic heterocycles. The number of nitrogens with zero attached hydrogens (tertiary/aromatic N) is 5. The Morgan fingerprint density at radius 2 is 2.07 bits per heavy atom. The van der Waals surface area contributed by atoms with Crippen LogP contribution in [0.2, 0.25) is 0 Å². The molecular formula is C20H25N5O2. The molecule has 4 rings (SSSR count). The van der Waals surface area contributed by atoms with Gasteiger partial charge in [-0.05, 0) is 32.0 Å². The minimum atomic E-state index is -0.179. The highest BCUT2D eigenvalue weighted by atomic mass is 16.5. The van der Waals surface area contributed by atoms with Crippen molar-refractivity contribution in [1.82, 2.24) is 14.9 Å². The van der Waals surface area contributed by atoms with Crippen LogP contribution < -0.4 is 14.5 Å². The maximum absolute atomic E-state index is 13.1. The number of hydrogen-bond donors (Lipinski definition) is 0. The summed E-state index contributed by atoms with van der Waals surface area (Å²) >= 11 is 0. The van der Waals surface area contributed by atoms with E-state index >= 15 is 0 Å². The van der Waals surface area contributed by atoms with Crippen molar-refractivity contribution in [2.75, 3.05) is 43.6 Å². The summed E-state index contributed by atoms with van der Waals surface area (Å²) in [7, 11) is 3.45. The zero-order chi connectivity index (χ0) is 19.1. The van der Waals surface area contributed by atoms with Crippen molar-refractivity contribution < 1.29 is 9.53 Å². The van der Waals surface area contributed by atoms with Gasteiger partial charge in [0.15, 0.2) is 5.82 Å². The van der Waals surface area contributed by atoms with E-state index in [2.05, 4.69) is 28.6 Å². The Hall–Kier alpha value is -2.67. The Morgan fingerprint density at radius 1 is 1.26 bits per heavy atom. The smallest absolute Gasteiger partial charge is 0.250 e. The van der Waals surface area contributed by atoms with Crippen LogP contribution in [0.4, 0.5) is 11.5 Å². The van der Waals surface area contributed by atoms with Crippen molar-refractivity contribution in [3.63, 3.8) is 0 Å². The Morgan fingerprint density at radius 3 is 2.81 bits per heavy atom. The van der Waals surface area contributed by atoms with E-state index in [9.17, 15) is 4.79 Å². The van der Waals surface area contributed by atoms with Gasteiger partial charge in [0.25, 0.3) is 5.91 Å². The number of carbonyl (C=O) groups excluding carboxylic acids is 1. The number of anilines is 2. The van der Waals surface area contributed by atoms with Gasteiger partial charge in [0.1, 0.15) is 17.5 Å². The normalized spacial score (nSPS) is 19.9. The van der Waals surface area contributed by atoms with Gasteiger partial charge in [0, 0.05) is 50.7 Å². The predicted octanol–water partition coefficient (Wildman–Crippen LogP) is 2.03. The minimum Gasteiger partial charge on any atom is -0.494 e. The molecule has 1 amide bonds. The molecule has 0 unspecified atom stereocenters. The molecule has 0 aromatic carbocycles. The Bertz CT molecular complexity index is 869. The fourth-order valence-corrected chi connectivity index (χ4v) is 3.90. The largest absolute Gasteiger partial charge is 0.494 e. The zero-order valence-electron chi connectivity index (χ0n) is 16.2. The Balaban J connectivity index is 1.74. The molecular weight excluding hydrogens is 342 g/mol. The number of methoxy groups -OCH3 is 1. The second kappa shape index (κ2) is 6.81. The average Bonchev–Trinajstić information content (AvgIpc) is 2.71. The highest BCUT2D eigenvalue weighted by molar-refractivity contribution is 6.05. The summed E-state index contributed by atoms with van der Waals surface area (Å²) in [6.07, 6.45) is 3.55. The molecule has 2 aromatic rings. The SMILES string of the molecule is COc1cccnc1-c1cnc2c(c1)N(C)C(=O)[C@@H]1CN(C(C)C)CCN21. The summed E-state index contributed by atoms with van der Waals surface area (Å²) in [5.74, 6) is 1.66. The van der Waals surface area contributed by atoms with Crippen LogP contribution >= 0.6 is 0 Å². The molecule has 0 radical (unpaired) electrons. The number of hydrogen-bond acceptors (Lipinski definition) is 6. The van der Waals surface area contributed by atoms with Gasteiger partial charge in [-0.3, -0.25) is 14.7 Å². The summed E-state index contributed by atoms with van der Waals surface area (Å²) in [4.78, 5) is 28.4. The summed E-state index contributed by atoms with van der Waals surface area (Å²) in [6.45, 7) is 6.81. The average molecular weight is 367 g/mol. The first-order valence-corrected chi connectivity index (χ1v) is 9.29. The quantitative estimate of drug-likeness (QED) is 0.827. The first-order chi connectivity index (χ1) is 13.0. The van der Waals surface area contributed by atoms with Crippen molar-refractivity contribution >= 4 is 17.4 Å². The summed E-state index contributed by atoms with van der Waals surface area (Å²) < 4.78 is 5.43. The van der Waals surface area contributed by atoms with E-state index in [1.54, 1.807) is 18.2 Å². The van der Waals surface area contributed by atoms with Crippen LogP contribution in [0.25, 0.3) is 11.3 Å². The van der Waals surface area contributed by atoms with Gasteiger partial charge in [-0.1, -0.05) is 0 Å². The number of ether oxygens (including phenoxy) is 1. The van der Waals surface area contributed by atoms with Gasteiger partial charge in [-0.15, -0.1) is 0 Å². The first-order valence-electron chi connectivity index (χ1n) is 9.29. The Kier molecular flexibility index (Phi) is 4.47. The van der Waals surface area contributed by atoms with Crippen LogP contribution in [0.15, 0.2) is 30.6 Å².